The molecule has 2 amide bonds. The van der Waals surface area contributed by atoms with Crippen LogP contribution in [0.25, 0.3) is 0 Å². The van der Waals surface area contributed by atoms with E-state index in [1.807, 2.05) is 37.4 Å². The molecule has 0 aliphatic rings. The average Bonchev–Trinajstić information content (AvgIpc) is 2.61. The first-order chi connectivity index (χ1) is 11.6. The molecule has 6 heteroatoms. The van der Waals surface area contributed by atoms with Crippen molar-refractivity contribution in [1.82, 2.24) is 5.32 Å². The minimum Gasteiger partial charge on any atom is -0.484 e. The normalized spacial score (nSPS) is 10.0. The first-order valence-corrected chi connectivity index (χ1v) is 7.62. The molecular formula is C18H21N3O3. The zero-order valence-corrected chi connectivity index (χ0v) is 13.6. The fourth-order valence-electron chi connectivity index (χ4n) is 2.09. The maximum atomic E-state index is 11.8. The summed E-state index contributed by atoms with van der Waals surface area (Å²) in [4.78, 5) is 24.8. The number of rotatable bonds is 8. The summed E-state index contributed by atoms with van der Waals surface area (Å²) < 4.78 is 5.37. The van der Waals surface area contributed by atoms with Crippen molar-refractivity contribution in [3.63, 3.8) is 0 Å². The van der Waals surface area contributed by atoms with Crippen molar-refractivity contribution in [3.8, 4) is 5.75 Å². The second-order valence-electron chi connectivity index (χ2n) is 5.28. The SMILES string of the molecule is CN(CCNC(=O)COc1ccc(C(N)=O)cc1)c1ccccc1. The number of nitrogens with zero attached hydrogens (tertiary/aromatic N) is 1. The van der Waals surface area contributed by atoms with Gasteiger partial charge in [-0.05, 0) is 36.4 Å². The molecule has 0 spiro atoms. The smallest absolute Gasteiger partial charge is 0.258 e. The molecule has 6 nitrogen and oxygen atoms in total. The monoisotopic (exact) mass is 327 g/mol. The van der Waals surface area contributed by atoms with E-state index in [4.69, 9.17) is 10.5 Å². The summed E-state index contributed by atoms with van der Waals surface area (Å²) in [5.74, 6) is -0.186. The first-order valence-electron chi connectivity index (χ1n) is 7.62. The molecule has 0 atom stereocenters. The van der Waals surface area contributed by atoms with Crippen LogP contribution in [0.4, 0.5) is 5.69 Å². The number of likely N-dealkylation sites (N-methyl/N-ethyl adjacent to an activating group) is 1. The number of anilines is 1. The van der Waals surface area contributed by atoms with Crippen molar-refractivity contribution < 1.29 is 14.3 Å². The molecule has 0 bridgehead atoms. The van der Waals surface area contributed by atoms with Crippen LogP contribution in [0.2, 0.25) is 0 Å². The Balaban J connectivity index is 1.69. The molecule has 0 fully saturated rings. The summed E-state index contributed by atoms with van der Waals surface area (Å²) in [5.41, 5.74) is 6.65. The molecule has 2 rings (SSSR count). The molecule has 0 heterocycles. The van der Waals surface area contributed by atoms with Crippen LogP contribution >= 0.6 is 0 Å². The third kappa shape index (κ3) is 5.31. The van der Waals surface area contributed by atoms with E-state index >= 15 is 0 Å². The van der Waals surface area contributed by atoms with Crippen LogP contribution in [0.15, 0.2) is 54.6 Å². The Hall–Kier alpha value is -3.02. The highest BCUT2D eigenvalue weighted by Crippen LogP contribution is 2.12. The lowest BCUT2D eigenvalue weighted by Crippen LogP contribution is -2.35. The van der Waals surface area contributed by atoms with Crippen molar-refractivity contribution >= 4 is 17.5 Å². The molecule has 24 heavy (non-hydrogen) atoms. The summed E-state index contributed by atoms with van der Waals surface area (Å²) in [5, 5.41) is 2.80. The van der Waals surface area contributed by atoms with Crippen LogP contribution in [-0.4, -0.2) is 38.6 Å². The standard InChI is InChI=1S/C18H21N3O3/c1-21(15-5-3-2-4-6-15)12-11-20-17(22)13-24-16-9-7-14(8-10-16)18(19)23/h2-10H,11-13H2,1H3,(H2,19,23)(H,20,22). The van der Waals surface area contributed by atoms with Gasteiger partial charge >= 0.3 is 0 Å². The van der Waals surface area contributed by atoms with Crippen LogP contribution < -0.4 is 20.7 Å². The van der Waals surface area contributed by atoms with E-state index in [1.54, 1.807) is 24.3 Å². The second kappa shape index (κ2) is 8.57. The Morgan fingerprint density at radius 2 is 1.75 bits per heavy atom. The first kappa shape index (κ1) is 17.3. The molecule has 0 saturated carbocycles. The van der Waals surface area contributed by atoms with Gasteiger partial charge in [-0.25, -0.2) is 0 Å². The number of primary amides is 1. The third-order valence-corrected chi connectivity index (χ3v) is 3.48. The number of ether oxygens (including phenoxy) is 1. The van der Waals surface area contributed by atoms with Crippen molar-refractivity contribution in [2.45, 2.75) is 0 Å². The van der Waals surface area contributed by atoms with Gasteiger partial charge in [-0.1, -0.05) is 18.2 Å². The number of hydrogen-bond acceptors (Lipinski definition) is 4. The van der Waals surface area contributed by atoms with Gasteiger partial charge in [0.2, 0.25) is 5.91 Å². The number of nitrogens with one attached hydrogen (secondary N) is 1. The van der Waals surface area contributed by atoms with Crippen LogP contribution in [0, 0.1) is 0 Å². The molecule has 0 aromatic heterocycles. The largest absolute Gasteiger partial charge is 0.484 e. The van der Waals surface area contributed by atoms with Crippen LogP contribution in [0.1, 0.15) is 10.4 Å². The number of para-hydroxylation sites is 1. The Morgan fingerprint density at radius 1 is 1.08 bits per heavy atom. The Kier molecular flexibility index (Phi) is 6.19. The van der Waals surface area contributed by atoms with Crippen LogP contribution in [0.5, 0.6) is 5.75 Å². The minimum atomic E-state index is -0.498. The maximum absolute atomic E-state index is 11.8. The van der Waals surface area contributed by atoms with Gasteiger partial charge in [-0.2, -0.15) is 0 Å². The number of benzene rings is 2. The molecular weight excluding hydrogens is 306 g/mol. The number of amides is 2. The summed E-state index contributed by atoms with van der Waals surface area (Å²) >= 11 is 0. The predicted octanol–water partition coefficient (Wildman–Crippen LogP) is 1.42. The Labute approximate surface area is 141 Å². The quantitative estimate of drug-likeness (QED) is 0.768. The van der Waals surface area contributed by atoms with Gasteiger partial charge < -0.3 is 20.7 Å². The summed E-state index contributed by atoms with van der Waals surface area (Å²) in [7, 11) is 1.97. The zero-order valence-electron chi connectivity index (χ0n) is 13.6. The Bertz CT molecular complexity index is 672. The van der Waals surface area contributed by atoms with Gasteiger partial charge in [-0.15, -0.1) is 0 Å². The van der Waals surface area contributed by atoms with Crippen molar-refractivity contribution in [2.24, 2.45) is 5.73 Å². The van der Waals surface area contributed by atoms with Crippen molar-refractivity contribution in [1.29, 1.82) is 0 Å². The lowest BCUT2D eigenvalue weighted by molar-refractivity contribution is -0.123. The van der Waals surface area contributed by atoms with E-state index in [2.05, 4.69) is 10.2 Å². The molecule has 0 unspecified atom stereocenters. The van der Waals surface area contributed by atoms with E-state index in [1.165, 1.54) is 0 Å². The number of carbonyl (C=O) groups is 2. The number of hydrogen-bond donors (Lipinski definition) is 2. The van der Waals surface area contributed by atoms with Gasteiger partial charge in [0, 0.05) is 31.4 Å². The highest BCUT2D eigenvalue weighted by molar-refractivity contribution is 5.92. The molecule has 2 aromatic rings. The highest BCUT2D eigenvalue weighted by Gasteiger charge is 2.05. The van der Waals surface area contributed by atoms with E-state index in [9.17, 15) is 9.59 Å². The Morgan fingerprint density at radius 3 is 2.38 bits per heavy atom. The van der Waals surface area contributed by atoms with Gasteiger partial charge in [0.15, 0.2) is 6.61 Å². The molecule has 0 aliphatic heterocycles. The van der Waals surface area contributed by atoms with E-state index in [-0.39, 0.29) is 12.5 Å². The van der Waals surface area contributed by atoms with E-state index in [0.29, 0.717) is 24.4 Å². The van der Waals surface area contributed by atoms with Gasteiger partial charge in [0.25, 0.3) is 5.91 Å². The zero-order chi connectivity index (χ0) is 17.4. The highest BCUT2D eigenvalue weighted by atomic mass is 16.5. The molecule has 0 aliphatic carbocycles. The van der Waals surface area contributed by atoms with Gasteiger partial charge in [0.05, 0.1) is 0 Å². The van der Waals surface area contributed by atoms with E-state index < -0.39 is 5.91 Å². The van der Waals surface area contributed by atoms with Crippen LogP contribution in [0.3, 0.4) is 0 Å². The molecule has 0 saturated heterocycles. The van der Waals surface area contributed by atoms with Gasteiger partial charge in [0.1, 0.15) is 5.75 Å². The molecule has 2 aromatic carbocycles. The lowest BCUT2D eigenvalue weighted by Gasteiger charge is -2.19. The fraction of sp³-hybridized carbons (Fsp3) is 0.222. The summed E-state index contributed by atoms with van der Waals surface area (Å²) in [6, 6.07) is 16.3. The number of nitrogens with two attached hydrogens (primary N) is 1. The predicted molar refractivity (Wildman–Crippen MR) is 93.2 cm³/mol. The third-order valence-electron chi connectivity index (χ3n) is 3.48. The van der Waals surface area contributed by atoms with Crippen LogP contribution in [-0.2, 0) is 4.79 Å². The minimum absolute atomic E-state index is 0.0784. The summed E-state index contributed by atoms with van der Waals surface area (Å²) in [6.45, 7) is 1.14. The van der Waals surface area contributed by atoms with Crippen molar-refractivity contribution in [3.05, 3.63) is 60.2 Å². The van der Waals surface area contributed by atoms with E-state index in [0.717, 1.165) is 5.69 Å². The number of carbonyl (C=O) groups excluding carboxylic acids is 2. The second-order valence-corrected chi connectivity index (χ2v) is 5.28. The lowest BCUT2D eigenvalue weighted by atomic mass is 10.2. The average molecular weight is 327 g/mol. The molecule has 3 N–H and O–H groups in total. The fourth-order valence-corrected chi connectivity index (χ4v) is 2.09. The summed E-state index contributed by atoms with van der Waals surface area (Å²) in [6.07, 6.45) is 0. The molecule has 126 valence electrons. The topological polar surface area (TPSA) is 84.7 Å². The van der Waals surface area contributed by atoms with Crippen molar-refractivity contribution in [2.75, 3.05) is 31.6 Å². The molecule has 0 radical (unpaired) electrons. The van der Waals surface area contributed by atoms with Gasteiger partial charge in [-0.3, -0.25) is 9.59 Å². The maximum Gasteiger partial charge on any atom is 0.258 e.